The summed E-state index contributed by atoms with van der Waals surface area (Å²) in [5.41, 5.74) is 2.15. The first-order valence-corrected chi connectivity index (χ1v) is 19.4. The zero-order valence-electron chi connectivity index (χ0n) is 35.3. The highest BCUT2D eigenvalue weighted by Crippen LogP contribution is 2.22. The van der Waals surface area contributed by atoms with Gasteiger partial charge >= 0.3 is 11.9 Å². The predicted molar refractivity (Wildman–Crippen MR) is 219 cm³/mol. The third kappa shape index (κ3) is 12.7. The van der Waals surface area contributed by atoms with Crippen LogP contribution in [0.2, 0.25) is 0 Å². The number of aromatic hydroxyl groups is 2. The molecule has 0 radical (unpaired) electrons. The third-order valence-electron chi connectivity index (χ3n) is 10.5. The molecule has 0 aliphatic heterocycles. The number of nitrogens with zero attached hydrogens (tertiary/aromatic N) is 3. The molecule has 3 aromatic carbocycles. The summed E-state index contributed by atoms with van der Waals surface area (Å²) in [7, 11) is 9.21. The molecule has 6 atom stereocenters. The topological polar surface area (TPSA) is 175 Å². The standard InChI is InChI=1S/C44H60N4O10/c1-11-28(4)39(58-44(55)36(46(5)6)25-31-16-22-34(56-9)23-17-31)40(51)45-38(27(2)3)42(53)47(7)35(24-29-12-18-32(49)19-13-29)41(52)48(8)37(43(54)57-10)26-30-14-20-33(50)21-15-30/h12-23,27-28,35-39,49-50H,11,24-26H2,1-10H3,(H,45,51)/t28-,35?,36+,37-,38-,39-/m1/s1. The minimum atomic E-state index is -1.23. The second-order valence-electron chi connectivity index (χ2n) is 15.2. The number of phenols is 2. The molecule has 3 rings (SSSR count). The average Bonchev–Trinajstić information content (AvgIpc) is 3.21. The van der Waals surface area contributed by atoms with Crippen molar-refractivity contribution >= 4 is 29.7 Å². The monoisotopic (exact) mass is 804 g/mol. The average molecular weight is 805 g/mol. The van der Waals surface area contributed by atoms with Gasteiger partial charge in [0.05, 0.1) is 14.2 Å². The Bertz CT molecular complexity index is 1820. The zero-order chi connectivity index (χ0) is 43.3. The Morgan fingerprint density at radius 1 is 0.638 bits per heavy atom. The van der Waals surface area contributed by atoms with Crippen LogP contribution in [0.3, 0.4) is 0 Å². The summed E-state index contributed by atoms with van der Waals surface area (Å²) >= 11 is 0. The molecule has 0 aromatic heterocycles. The maximum absolute atomic E-state index is 14.5. The number of ether oxygens (including phenoxy) is 3. The second-order valence-corrected chi connectivity index (χ2v) is 15.2. The summed E-state index contributed by atoms with van der Waals surface area (Å²) in [5.74, 6) is -3.22. The van der Waals surface area contributed by atoms with E-state index in [0.717, 1.165) is 5.56 Å². The first-order valence-electron chi connectivity index (χ1n) is 19.4. The van der Waals surface area contributed by atoms with Crippen molar-refractivity contribution in [3.05, 3.63) is 89.5 Å². The molecule has 14 heteroatoms. The number of phenolic OH excluding ortho intramolecular Hbond substituents is 2. The van der Waals surface area contributed by atoms with Crippen LogP contribution in [0.15, 0.2) is 72.8 Å². The number of carbonyl (C=O) groups is 5. The quantitative estimate of drug-likeness (QED) is 0.141. The van der Waals surface area contributed by atoms with Gasteiger partial charge in [-0.1, -0.05) is 64.1 Å². The summed E-state index contributed by atoms with van der Waals surface area (Å²) < 4.78 is 16.3. The Kier molecular flexibility index (Phi) is 17.5. The van der Waals surface area contributed by atoms with E-state index in [4.69, 9.17) is 14.2 Å². The molecule has 316 valence electrons. The Morgan fingerprint density at radius 3 is 1.52 bits per heavy atom. The van der Waals surface area contributed by atoms with Crippen molar-refractivity contribution in [3.8, 4) is 17.2 Å². The van der Waals surface area contributed by atoms with Gasteiger partial charge in [0.15, 0.2) is 6.10 Å². The van der Waals surface area contributed by atoms with Crippen LogP contribution in [-0.2, 0) is 52.7 Å². The summed E-state index contributed by atoms with van der Waals surface area (Å²) in [4.78, 5) is 74.2. The van der Waals surface area contributed by atoms with E-state index in [9.17, 15) is 34.2 Å². The predicted octanol–water partition coefficient (Wildman–Crippen LogP) is 3.99. The van der Waals surface area contributed by atoms with E-state index in [2.05, 4.69) is 5.32 Å². The van der Waals surface area contributed by atoms with Gasteiger partial charge in [0, 0.05) is 32.9 Å². The minimum absolute atomic E-state index is 0.00475. The van der Waals surface area contributed by atoms with Crippen LogP contribution in [0, 0.1) is 11.8 Å². The van der Waals surface area contributed by atoms with Crippen LogP contribution in [0.4, 0.5) is 0 Å². The number of hydrogen-bond donors (Lipinski definition) is 3. The lowest BCUT2D eigenvalue weighted by atomic mass is 9.96. The van der Waals surface area contributed by atoms with Crippen molar-refractivity contribution in [2.75, 3.05) is 42.4 Å². The Hall–Kier alpha value is -5.63. The van der Waals surface area contributed by atoms with Gasteiger partial charge in [-0.15, -0.1) is 0 Å². The number of amides is 3. The van der Waals surface area contributed by atoms with Crippen molar-refractivity contribution in [3.63, 3.8) is 0 Å². The van der Waals surface area contributed by atoms with Crippen molar-refractivity contribution in [2.24, 2.45) is 11.8 Å². The Labute approximate surface area is 342 Å². The maximum atomic E-state index is 14.5. The fraction of sp³-hybridized carbons (Fsp3) is 0.477. The lowest BCUT2D eigenvalue weighted by molar-refractivity contribution is -0.164. The zero-order valence-corrected chi connectivity index (χ0v) is 35.3. The summed E-state index contributed by atoms with van der Waals surface area (Å²) in [6, 6.07) is 15.6. The van der Waals surface area contributed by atoms with Gasteiger partial charge in [-0.2, -0.15) is 0 Å². The molecule has 0 saturated heterocycles. The highest BCUT2D eigenvalue weighted by atomic mass is 16.6. The van der Waals surface area contributed by atoms with Crippen molar-refractivity contribution in [1.29, 1.82) is 0 Å². The molecule has 3 N–H and O–H groups in total. The molecule has 3 aromatic rings. The SMILES string of the molecule is CC[C@@H](C)[C@@H](OC(=O)[C@H](Cc1ccc(OC)cc1)N(C)C)C(=O)N[C@@H](C(=O)N(C)C(Cc1ccc(O)cc1)C(=O)N(C)[C@H](Cc1ccc(O)cc1)C(=O)OC)C(C)C. The van der Waals surface area contributed by atoms with Crippen LogP contribution in [0.25, 0.3) is 0 Å². The van der Waals surface area contributed by atoms with Crippen molar-refractivity contribution in [1.82, 2.24) is 20.0 Å². The number of nitrogens with one attached hydrogen (secondary N) is 1. The fourth-order valence-corrected chi connectivity index (χ4v) is 6.43. The number of esters is 2. The summed E-state index contributed by atoms with van der Waals surface area (Å²) in [6.07, 6.45) is -0.341. The molecule has 1 unspecified atom stereocenters. The minimum Gasteiger partial charge on any atom is -0.508 e. The second kappa shape index (κ2) is 21.8. The molecule has 0 spiro atoms. The number of carbonyl (C=O) groups excluding carboxylic acids is 5. The van der Waals surface area contributed by atoms with Gasteiger partial charge in [0.25, 0.3) is 5.91 Å². The lowest BCUT2D eigenvalue weighted by Crippen LogP contribution is -2.59. The third-order valence-corrected chi connectivity index (χ3v) is 10.5. The molecule has 3 amide bonds. The summed E-state index contributed by atoms with van der Waals surface area (Å²) in [5, 5.41) is 22.6. The maximum Gasteiger partial charge on any atom is 0.328 e. The number of methoxy groups -OCH3 is 2. The van der Waals surface area contributed by atoms with Crippen LogP contribution in [-0.4, -0.2) is 127 Å². The molecular weight excluding hydrogens is 745 g/mol. The smallest absolute Gasteiger partial charge is 0.328 e. The highest BCUT2D eigenvalue weighted by Gasteiger charge is 2.40. The normalized spacial score (nSPS) is 14.3. The molecule has 0 heterocycles. The first kappa shape index (κ1) is 46.8. The number of likely N-dealkylation sites (N-methyl/N-ethyl adjacent to an activating group) is 3. The highest BCUT2D eigenvalue weighted by molar-refractivity contribution is 5.95. The van der Waals surface area contributed by atoms with Crippen LogP contribution >= 0.6 is 0 Å². The molecule has 58 heavy (non-hydrogen) atoms. The molecule has 0 aliphatic carbocycles. The van der Waals surface area contributed by atoms with Gasteiger partial charge in [0.1, 0.15) is 41.4 Å². The van der Waals surface area contributed by atoms with Gasteiger partial charge in [-0.05, 0) is 85.9 Å². The molecule has 0 aliphatic rings. The number of rotatable bonds is 20. The molecular formula is C44H60N4O10. The first-order chi connectivity index (χ1) is 27.4. The van der Waals surface area contributed by atoms with Gasteiger partial charge in [-0.3, -0.25) is 24.1 Å². The van der Waals surface area contributed by atoms with E-state index in [-0.39, 0.29) is 24.3 Å². The van der Waals surface area contributed by atoms with Gasteiger partial charge in [-0.25, -0.2) is 4.79 Å². The van der Waals surface area contributed by atoms with Crippen LogP contribution in [0.5, 0.6) is 17.2 Å². The van der Waals surface area contributed by atoms with Crippen molar-refractivity contribution in [2.45, 2.75) is 83.6 Å². The molecule has 0 bridgehead atoms. The van der Waals surface area contributed by atoms with Crippen LogP contribution < -0.4 is 10.1 Å². The van der Waals surface area contributed by atoms with E-state index in [1.54, 1.807) is 83.3 Å². The Balaban J connectivity index is 1.92. The number of hydrogen-bond acceptors (Lipinski definition) is 11. The van der Waals surface area contributed by atoms with Gasteiger partial charge in [0.2, 0.25) is 11.8 Å². The van der Waals surface area contributed by atoms with Crippen LogP contribution in [0.1, 0.15) is 50.8 Å². The summed E-state index contributed by atoms with van der Waals surface area (Å²) in [6.45, 7) is 7.18. The van der Waals surface area contributed by atoms with E-state index >= 15 is 0 Å². The largest absolute Gasteiger partial charge is 0.508 e. The Morgan fingerprint density at radius 2 is 1.09 bits per heavy atom. The molecule has 0 saturated carbocycles. The lowest BCUT2D eigenvalue weighted by Gasteiger charge is -2.36. The van der Waals surface area contributed by atoms with E-state index in [1.807, 2.05) is 19.1 Å². The molecule has 0 fully saturated rings. The number of benzene rings is 3. The van der Waals surface area contributed by atoms with E-state index in [1.165, 1.54) is 55.3 Å². The van der Waals surface area contributed by atoms with Gasteiger partial charge < -0.3 is 39.5 Å². The fourth-order valence-electron chi connectivity index (χ4n) is 6.43. The van der Waals surface area contributed by atoms with E-state index < -0.39 is 71.8 Å². The van der Waals surface area contributed by atoms with Crippen molar-refractivity contribution < 1.29 is 48.4 Å². The molecule has 14 nitrogen and oxygen atoms in total. The van der Waals surface area contributed by atoms with E-state index in [0.29, 0.717) is 29.7 Å².